The van der Waals surface area contributed by atoms with E-state index in [1.807, 2.05) is 13.0 Å². The highest BCUT2D eigenvalue weighted by atomic mass is 19.1. The molecule has 0 unspecified atom stereocenters. The third-order valence-corrected chi connectivity index (χ3v) is 4.67. The molecule has 1 aromatic rings. The van der Waals surface area contributed by atoms with Gasteiger partial charge in [-0.3, -0.25) is 0 Å². The maximum atomic E-state index is 13.8. The van der Waals surface area contributed by atoms with Crippen LogP contribution in [0, 0.1) is 18.7 Å². The van der Waals surface area contributed by atoms with Crippen LogP contribution < -0.4 is 5.32 Å². The number of hydrogen-bond donors (Lipinski definition) is 2. The van der Waals surface area contributed by atoms with Crippen molar-refractivity contribution in [2.24, 2.45) is 5.92 Å². The Morgan fingerprint density at radius 3 is 2.82 bits per heavy atom. The van der Waals surface area contributed by atoms with E-state index in [1.165, 1.54) is 12.1 Å². The molecule has 1 fully saturated rings. The minimum Gasteiger partial charge on any atom is -0.385 e. The molecule has 2 N–H and O–H groups in total. The van der Waals surface area contributed by atoms with Crippen molar-refractivity contribution in [3.8, 4) is 0 Å². The van der Waals surface area contributed by atoms with Crippen molar-refractivity contribution >= 4 is 0 Å². The van der Waals surface area contributed by atoms with E-state index in [0.29, 0.717) is 13.0 Å². The van der Waals surface area contributed by atoms with Crippen LogP contribution in [0.25, 0.3) is 0 Å². The summed E-state index contributed by atoms with van der Waals surface area (Å²) in [6, 6.07) is 4.93. The van der Waals surface area contributed by atoms with Gasteiger partial charge in [-0.2, -0.15) is 0 Å². The fourth-order valence-corrected chi connectivity index (χ4v) is 3.47. The average molecular weight is 309 g/mol. The standard InChI is InChI=1S/C18H28FNO2/c1-14-10-16(12-17(19)11-14)18(21,7-3-4-9-22-2)15-6-5-8-20-13-15/h10-12,15,20-21H,3-9,13H2,1-2H3/t15-,18+/m1/s1. The number of rotatable bonds is 7. The smallest absolute Gasteiger partial charge is 0.123 e. The zero-order valence-electron chi connectivity index (χ0n) is 13.7. The molecule has 1 saturated heterocycles. The van der Waals surface area contributed by atoms with Gasteiger partial charge in [0, 0.05) is 26.2 Å². The zero-order chi connectivity index (χ0) is 16.0. The molecule has 4 heteroatoms. The molecule has 0 aromatic heterocycles. The van der Waals surface area contributed by atoms with E-state index in [1.54, 1.807) is 7.11 Å². The third-order valence-electron chi connectivity index (χ3n) is 4.67. The van der Waals surface area contributed by atoms with E-state index in [9.17, 15) is 9.50 Å². The Morgan fingerprint density at radius 1 is 1.36 bits per heavy atom. The van der Waals surface area contributed by atoms with Crippen LogP contribution in [0.4, 0.5) is 4.39 Å². The predicted octanol–water partition coefficient (Wildman–Crippen LogP) is 3.14. The second kappa shape index (κ2) is 8.04. The largest absolute Gasteiger partial charge is 0.385 e. The van der Waals surface area contributed by atoms with Crippen molar-refractivity contribution in [3.05, 3.63) is 35.1 Å². The van der Waals surface area contributed by atoms with Crippen molar-refractivity contribution in [2.75, 3.05) is 26.8 Å². The first-order valence-electron chi connectivity index (χ1n) is 8.26. The quantitative estimate of drug-likeness (QED) is 0.760. The van der Waals surface area contributed by atoms with Gasteiger partial charge in [0.2, 0.25) is 0 Å². The van der Waals surface area contributed by atoms with Gasteiger partial charge in [-0.25, -0.2) is 4.39 Å². The molecule has 0 aliphatic carbocycles. The summed E-state index contributed by atoms with van der Waals surface area (Å²) >= 11 is 0. The van der Waals surface area contributed by atoms with Crippen LogP contribution in [0.3, 0.4) is 0 Å². The highest BCUT2D eigenvalue weighted by molar-refractivity contribution is 5.29. The molecular weight excluding hydrogens is 281 g/mol. The van der Waals surface area contributed by atoms with Crippen molar-refractivity contribution in [1.82, 2.24) is 5.32 Å². The number of ether oxygens (including phenoxy) is 1. The molecule has 0 saturated carbocycles. The highest BCUT2D eigenvalue weighted by Crippen LogP contribution is 2.38. The van der Waals surface area contributed by atoms with Crippen LogP contribution in [-0.2, 0) is 10.3 Å². The van der Waals surface area contributed by atoms with Crippen LogP contribution in [0.1, 0.15) is 43.2 Å². The van der Waals surface area contributed by atoms with E-state index >= 15 is 0 Å². The van der Waals surface area contributed by atoms with E-state index in [-0.39, 0.29) is 11.7 Å². The molecule has 2 rings (SSSR count). The van der Waals surface area contributed by atoms with Gasteiger partial charge in [0.15, 0.2) is 0 Å². The van der Waals surface area contributed by atoms with Crippen molar-refractivity contribution in [3.63, 3.8) is 0 Å². The van der Waals surface area contributed by atoms with Crippen molar-refractivity contribution < 1.29 is 14.2 Å². The Labute approximate surface area is 132 Å². The summed E-state index contributed by atoms with van der Waals surface area (Å²) in [6.45, 7) is 4.35. The average Bonchev–Trinajstić information content (AvgIpc) is 2.51. The van der Waals surface area contributed by atoms with Gasteiger partial charge in [-0.1, -0.05) is 6.07 Å². The molecule has 2 atom stereocenters. The number of halogens is 1. The van der Waals surface area contributed by atoms with Crippen LogP contribution in [0.2, 0.25) is 0 Å². The molecule has 124 valence electrons. The molecule has 0 bridgehead atoms. The summed E-state index contributed by atoms with van der Waals surface area (Å²) in [7, 11) is 1.69. The van der Waals surface area contributed by atoms with Crippen molar-refractivity contribution in [2.45, 2.75) is 44.6 Å². The molecule has 1 aliphatic heterocycles. The second-order valence-electron chi connectivity index (χ2n) is 6.43. The van der Waals surface area contributed by atoms with Crippen LogP contribution in [0.15, 0.2) is 18.2 Å². The molecule has 0 radical (unpaired) electrons. The summed E-state index contributed by atoms with van der Waals surface area (Å²) < 4.78 is 18.9. The number of aliphatic hydroxyl groups is 1. The zero-order valence-corrected chi connectivity index (χ0v) is 13.7. The van der Waals surface area contributed by atoms with Gasteiger partial charge < -0.3 is 15.2 Å². The first kappa shape index (κ1) is 17.4. The van der Waals surface area contributed by atoms with E-state index in [0.717, 1.165) is 49.9 Å². The third kappa shape index (κ3) is 4.28. The van der Waals surface area contributed by atoms with E-state index in [2.05, 4.69) is 5.32 Å². The first-order chi connectivity index (χ1) is 10.6. The fourth-order valence-electron chi connectivity index (χ4n) is 3.47. The van der Waals surface area contributed by atoms with Crippen LogP contribution in [-0.4, -0.2) is 31.9 Å². The van der Waals surface area contributed by atoms with Gasteiger partial charge in [-0.15, -0.1) is 0 Å². The monoisotopic (exact) mass is 309 g/mol. The topological polar surface area (TPSA) is 41.5 Å². The van der Waals surface area contributed by atoms with E-state index < -0.39 is 5.60 Å². The SMILES string of the molecule is COCCCC[C@@](O)(c1cc(C)cc(F)c1)[C@@H]1CCCNC1. The molecule has 0 amide bonds. The summed E-state index contributed by atoms with van der Waals surface area (Å²) in [5.74, 6) is -0.140. The molecular formula is C18H28FNO2. The lowest BCUT2D eigenvalue weighted by Gasteiger charge is -2.39. The number of methoxy groups -OCH3 is 1. The number of piperidine rings is 1. The number of nitrogens with one attached hydrogen (secondary N) is 1. The second-order valence-corrected chi connectivity index (χ2v) is 6.43. The van der Waals surface area contributed by atoms with Gasteiger partial charge in [0.25, 0.3) is 0 Å². The van der Waals surface area contributed by atoms with Crippen LogP contribution >= 0.6 is 0 Å². The highest BCUT2D eigenvalue weighted by Gasteiger charge is 2.38. The van der Waals surface area contributed by atoms with Crippen molar-refractivity contribution in [1.29, 1.82) is 0 Å². The van der Waals surface area contributed by atoms with Gasteiger partial charge in [0.05, 0.1) is 5.60 Å². The summed E-state index contributed by atoms with van der Waals surface area (Å²) in [5.41, 5.74) is 0.610. The van der Waals surface area contributed by atoms with E-state index in [4.69, 9.17) is 4.74 Å². The van der Waals surface area contributed by atoms with Gasteiger partial charge in [-0.05, 0) is 68.8 Å². The maximum absolute atomic E-state index is 13.8. The number of benzene rings is 1. The normalized spacial score (nSPS) is 21.5. The Balaban J connectivity index is 2.22. The summed E-state index contributed by atoms with van der Waals surface area (Å²) in [6.07, 6.45) is 4.46. The van der Waals surface area contributed by atoms with Gasteiger partial charge in [0.1, 0.15) is 5.82 Å². The summed E-state index contributed by atoms with van der Waals surface area (Å²) in [5, 5.41) is 14.8. The number of unbranched alkanes of at least 4 members (excludes halogenated alkanes) is 1. The lowest BCUT2D eigenvalue weighted by molar-refractivity contribution is -0.0436. The lowest BCUT2D eigenvalue weighted by Crippen LogP contribution is -2.44. The first-order valence-corrected chi connectivity index (χ1v) is 8.26. The molecule has 1 aliphatic rings. The molecule has 1 aromatic carbocycles. The molecule has 22 heavy (non-hydrogen) atoms. The van der Waals surface area contributed by atoms with Gasteiger partial charge >= 0.3 is 0 Å². The maximum Gasteiger partial charge on any atom is 0.123 e. The minimum absolute atomic E-state index is 0.130. The molecule has 0 spiro atoms. The fraction of sp³-hybridized carbons (Fsp3) is 0.667. The Hall–Kier alpha value is -0.970. The Morgan fingerprint density at radius 2 is 2.18 bits per heavy atom. The lowest BCUT2D eigenvalue weighted by atomic mass is 9.74. The molecule has 1 heterocycles. The molecule has 3 nitrogen and oxygen atoms in total. The summed E-state index contributed by atoms with van der Waals surface area (Å²) in [4.78, 5) is 0. The van der Waals surface area contributed by atoms with Crippen LogP contribution in [0.5, 0.6) is 0 Å². The Bertz CT molecular complexity index is 454. The number of aryl methyl sites for hydroxylation is 1. The Kier molecular flexibility index (Phi) is 6.36. The predicted molar refractivity (Wildman–Crippen MR) is 86.4 cm³/mol. The minimum atomic E-state index is -0.964. The number of hydrogen-bond acceptors (Lipinski definition) is 3.